The number of nitrogens with zero attached hydrogens (tertiary/aromatic N) is 5. The molecule has 0 aromatic carbocycles. The lowest BCUT2D eigenvalue weighted by Crippen LogP contribution is -2.43. The fourth-order valence-corrected chi connectivity index (χ4v) is 8.47. The van der Waals surface area contributed by atoms with Gasteiger partial charge in [0.1, 0.15) is 5.82 Å². The summed E-state index contributed by atoms with van der Waals surface area (Å²) in [5.41, 5.74) is 0.600. The number of carbonyl (C=O) groups excluding carboxylic acids is 1. The molecule has 4 aliphatic heterocycles. The quantitative estimate of drug-likeness (QED) is 0.583. The third-order valence-electron chi connectivity index (χ3n) is 9.30. The molecular formula is C25H38N6O2S. The van der Waals surface area contributed by atoms with Gasteiger partial charge >= 0.3 is 0 Å². The fraction of sp³-hybridized carbons (Fsp3) is 0.800. The average molecular weight is 487 g/mol. The van der Waals surface area contributed by atoms with E-state index in [2.05, 4.69) is 32.6 Å². The van der Waals surface area contributed by atoms with Crippen LogP contribution in [0.4, 0.5) is 0 Å². The normalized spacial score (nSPS) is 37.4. The molecule has 186 valence electrons. The summed E-state index contributed by atoms with van der Waals surface area (Å²) in [6.07, 6.45) is 8.95. The van der Waals surface area contributed by atoms with E-state index in [1.165, 1.54) is 12.8 Å². The Morgan fingerprint density at radius 3 is 2.38 bits per heavy atom. The molecule has 0 aromatic heterocycles. The fourth-order valence-electron chi connectivity index (χ4n) is 6.98. The lowest BCUT2D eigenvalue weighted by molar-refractivity contribution is -0.134. The van der Waals surface area contributed by atoms with E-state index in [1.807, 2.05) is 11.1 Å². The van der Waals surface area contributed by atoms with Crippen molar-refractivity contribution in [3.63, 3.8) is 0 Å². The maximum absolute atomic E-state index is 13.5. The van der Waals surface area contributed by atoms with Crippen LogP contribution < -0.4 is 5.32 Å². The highest BCUT2D eigenvalue weighted by Crippen LogP contribution is 2.59. The second-order valence-corrected chi connectivity index (χ2v) is 12.8. The molecule has 8 nitrogen and oxygen atoms in total. The first kappa shape index (κ1) is 23.0. The summed E-state index contributed by atoms with van der Waals surface area (Å²) in [5.74, 6) is 2.80. The third kappa shape index (κ3) is 3.74. The van der Waals surface area contributed by atoms with Crippen LogP contribution in [0.25, 0.3) is 0 Å². The van der Waals surface area contributed by atoms with Gasteiger partial charge in [-0.3, -0.25) is 14.7 Å². The van der Waals surface area contributed by atoms with E-state index in [1.54, 1.807) is 0 Å². The zero-order valence-electron chi connectivity index (χ0n) is 20.3. The number of hydrogen-bond donors (Lipinski definition) is 1. The van der Waals surface area contributed by atoms with Gasteiger partial charge in [0.15, 0.2) is 11.2 Å². The van der Waals surface area contributed by atoms with Gasteiger partial charge in [-0.05, 0) is 76.1 Å². The van der Waals surface area contributed by atoms with Gasteiger partial charge in [0.25, 0.3) is 0 Å². The number of rotatable bonds is 6. The summed E-state index contributed by atoms with van der Waals surface area (Å²) in [7, 11) is 0. The first-order valence-corrected chi connectivity index (χ1v) is 14.3. The van der Waals surface area contributed by atoms with E-state index >= 15 is 0 Å². The van der Waals surface area contributed by atoms with Crippen molar-refractivity contribution in [2.24, 2.45) is 33.2 Å². The molecule has 5 unspecified atom stereocenters. The Morgan fingerprint density at radius 1 is 1.09 bits per heavy atom. The minimum Gasteiger partial charge on any atom is -0.316 e. The molecule has 5 fully saturated rings. The molecule has 5 atom stereocenters. The van der Waals surface area contributed by atoms with Gasteiger partial charge in [-0.2, -0.15) is 0 Å². The monoisotopic (exact) mass is 486 g/mol. The molecule has 34 heavy (non-hydrogen) atoms. The van der Waals surface area contributed by atoms with Crippen molar-refractivity contribution < 1.29 is 9.00 Å². The Balaban J connectivity index is 1.11. The number of amides is 1. The van der Waals surface area contributed by atoms with Crippen LogP contribution in [0, 0.1) is 23.2 Å². The number of carbonyl (C=O) groups is 1. The first-order valence-electron chi connectivity index (χ1n) is 13.2. The summed E-state index contributed by atoms with van der Waals surface area (Å²) < 4.78 is 17.4. The Kier molecular flexibility index (Phi) is 6.03. The van der Waals surface area contributed by atoms with Crippen molar-refractivity contribution in [3.05, 3.63) is 11.4 Å². The topological polar surface area (TPSA) is 80.6 Å². The largest absolute Gasteiger partial charge is 0.316 e. The predicted octanol–water partition coefficient (Wildman–Crippen LogP) is 1.97. The van der Waals surface area contributed by atoms with Crippen molar-refractivity contribution in [2.75, 3.05) is 39.3 Å². The van der Waals surface area contributed by atoms with Crippen LogP contribution in [0.5, 0.6) is 0 Å². The predicted molar refractivity (Wildman–Crippen MR) is 135 cm³/mol. The van der Waals surface area contributed by atoms with Crippen molar-refractivity contribution in [3.8, 4) is 0 Å². The summed E-state index contributed by atoms with van der Waals surface area (Å²) in [4.78, 5) is 24.8. The molecular weight excluding hydrogens is 448 g/mol. The minimum atomic E-state index is -1.03. The van der Waals surface area contributed by atoms with Gasteiger partial charge in [-0.25, -0.2) is 17.8 Å². The SMILES string of the molecule is C=NC1=C(C=NC2CCN(S(=O)N3CC4CNCC4C3)CC2)C2(CC2)C(=O)N1C1CCCC1C. The second-order valence-electron chi connectivity index (χ2n) is 11.3. The van der Waals surface area contributed by atoms with Crippen molar-refractivity contribution in [1.29, 1.82) is 0 Å². The first-order chi connectivity index (χ1) is 16.5. The second kappa shape index (κ2) is 8.91. The third-order valence-corrected chi connectivity index (χ3v) is 10.8. The molecule has 1 spiro atoms. The summed E-state index contributed by atoms with van der Waals surface area (Å²) >= 11 is -1.03. The minimum absolute atomic E-state index is 0.208. The molecule has 0 radical (unpaired) electrons. The van der Waals surface area contributed by atoms with Crippen LogP contribution in [-0.4, -0.2) is 87.9 Å². The number of nitrogens with one attached hydrogen (secondary N) is 1. The molecule has 2 aliphatic carbocycles. The maximum atomic E-state index is 13.5. The van der Waals surface area contributed by atoms with E-state index in [9.17, 15) is 9.00 Å². The average Bonchev–Trinajstić information content (AvgIpc) is 3.09. The van der Waals surface area contributed by atoms with Crippen LogP contribution in [-0.2, 0) is 16.0 Å². The number of aliphatic imine (C=N–C) groups is 2. The highest BCUT2D eigenvalue weighted by molar-refractivity contribution is 7.80. The van der Waals surface area contributed by atoms with E-state index in [-0.39, 0.29) is 18.0 Å². The van der Waals surface area contributed by atoms with Gasteiger partial charge in [-0.1, -0.05) is 13.3 Å². The van der Waals surface area contributed by atoms with Gasteiger partial charge in [-0.15, -0.1) is 0 Å². The maximum Gasteiger partial charge on any atom is 0.239 e. The molecule has 3 saturated heterocycles. The zero-order valence-corrected chi connectivity index (χ0v) is 21.1. The molecule has 4 heterocycles. The zero-order chi connectivity index (χ0) is 23.4. The van der Waals surface area contributed by atoms with Crippen molar-refractivity contribution in [2.45, 2.75) is 64.0 Å². The number of fused-ring (bicyclic) bond motifs is 1. The Hall–Kier alpha value is -1.42. The van der Waals surface area contributed by atoms with Crippen LogP contribution in [0.3, 0.4) is 0 Å². The van der Waals surface area contributed by atoms with E-state index in [0.29, 0.717) is 17.8 Å². The van der Waals surface area contributed by atoms with Crippen LogP contribution in [0.1, 0.15) is 51.9 Å². The standard InChI is InChI=1S/C25H38N6O2S/c1-17-4-3-5-22(17)31-23(26-2)21(25(8-9-25)24(31)32)14-28-20-6-10-29(11-7-20)34(33)30-15-18-12-27-13-19(18)16-30/h14,17-20,22,27H,2-13,15-16H2,1H3. The van der Waals surface area contributed by atoms with Gasteiger partial charge in [0.05, 0.1) is 11.5 Å². The van der Waals surface area contributed by atoms with Crippen molar-refractivity contribution >= 4 is 30.0 Å². The smallest absolute Gasteiger partial charge is 0.239 e. The van der Waals surface area contributed by atoms with Crippen molar-refractivity contribution in [1.82, 2.24) is 18.8 Å². The Morgan fingerprint density at radius 2 is 1.79 bits per heavy atom. The molecule has 1 amide bonds. The molecule has 2 saturated carbocycles. The van der Waals surface area contributed by atoms with Gasteiger partial charge in [0, 0.05) is 44.0 Å². The molecule has 6 aliphatic rings. The number of piperidine rings is 1. The summed E-state index contributed by atoms with van der Waals surface area (Å²) in [6.45, 7) is 11.7. The number of hydrogen-bond acceptors (Lipinski definition) is 5. The molecule has 9 heteroatoms. The van der Waals surface area contributed by atoms with Crippen LogP contribution in [0.15, 0.2) is 21.4 Å². The lowest BCUT2D eigenvalue weighted by Gasteiger charge is -2.32. The molecule has 1 N–H and O–H groups in total. The Bertz CT molecular complexity index is 926. The molecule has 0 bridgehead atoms. The summed E-state index contributed by atoms with van der Waals surface area (Å²) in [5, 5.41) is 3.45. The van der Waals surface area contributed by atoms with E-state index in [0.717, 1.165) is 82.8 Å². The van der Waals surface area contributed by atoms with Crippen LogP contribution in [0.2, 0.25) is 0 Å². The lowest BCUT2D eigenvalue weighted by atomic mass is 9.98. The molecule has 0 aromatic rings. The summed E-state index contributed by atoms with van der Waals surface area (Å²) in [6, 6.07) is 0.454. The van der Waals surface area contributed by atoms with E-state index < -0.39 is 16.6 Å². The van der Waals surface area contributed by atoms with E-state index in [4.69, 9.17) is 4.99 Å². The molecule has 6 rings (SSSR count). The highest BCUT2D eigenvalue weighted by Gasteiger charge is 2.62. The van der Waals surface area contributed by atoms with Gasteiger partial charge < -0.3 is 5.32 Å². The highest BCUT2D eigenvalue weighted by atomic mass is 32.2. The van der Waals surface area contributed by atoms with Crippen LogP contribution >= 0.6 is 0 Å². The Labute approximate surface area is 205 Å². The van der Waals surface area contributed by atoms with Gasteiger partial charge in [0.2, 0.25) is 5.91 Å².